The van der Waals surface area contributed by atoms with Crippen LogP contribution in [-0.2, 0) is 0 Å². The van der Waals surface area contributed by atoms with Crippen molar-refractivity contribution in [1.29, 1.82) is 0 Å². The number of halogens is 3. The first-order chi connectivity index (χ1) is 4.56. The van der Waals surface area contributed by atoms with Gasteiger partial charge in [-0.15, -0.1) is 0 Å². The molecule has 0 aromatic carbocycles. The Balaban J connectivity index is 3.20. The van der Waals surface area contributed by atoms with Gasteiger partial charge in [-0.05, 0) is 19.3 Å². The summed E-state index contributed by atoms with van der Waals surface area (Å²) in [6.07, 6.45) is 4.65. The van der Waals surface area contributed by atoms with Crippen LogP contribution >= 0.6 is 34.8 Å². The molecule has 60 valence electrons. The van der Waals surface area contributed by atoms with Crippen LogP contribution in [0.5, 0.6) is 0 Å². The van der Waals surface area contributed by atoms with Crippen LogP contribution in [0.3, 0.4) is 0 Å². The predicted molar refractivity (Wildman–Crippen MR) is 45.9 cm³/mol. The summed E-state index contributed by atoms with van der Waals surface area (Å²) in [6.45, 7) is 0. The third-order valence-electron chi connectivity index (χ3n) is 0.936. The van der Waals surface area contributed by atoms with Gasteiger partial charge in [0, 0.05) is 0 Å². The molecule has 0 amide bonds. The van der Waals surface area contributed by atoms with Gasteiger partial charge in [0.2, 0.25) is 0 Å². The molecule has 0 radical (unpaired) electrons. The lowest BCUT2D eigenvalue weighted by atomic mass is 10.2. The Morgan fingerprint density at radius 3 is 2.30 bits per heavy atom. The average Bonchev–Trinajstić information content (AvgIpc) is 1.78. The van der Waals surface area contributed by atoms with E-state index in [-0.39, 0.29) is 0 Å². The van der Waals surface area contributed by atoms with E-state index in [4.69, 9.17) is 39.9 Å². The molecule has 0 unspecified atom stereocenters. The summed E-state index contributed by atoms with van der Waals surface area (Å²) in [6, 6.07) is 0. The van der Waals surface area contributed by atoms with Crippen molar-refractivity contribution >= 4 is 34.8 Å². The van der Waals surface area contributed by atoms with Crippen molar-refractivity contribution in [1.82, 2.24) is 0 Å². The quantitative estimate of drug-likeness (QED) is 0.422. The van der Waals surface area contributed by atoms with Crippen LogP contribution in [0.4, 0.5) is 0 Å². The van der Waals surface area contributed by atoms with Gasteiger partial charge >= 0.3 is 0 Å². The molecule has 0 aliphatic carbocycles. The minimum absolute atomic E-state index is 0.516. The standard InChI is InChI=1S/C6H9Cl3O/c7-6(8,9)4-2-1-3-5-10/h3,5,10H,1-2,4H2. The monoisotopic (exact) mass is 202 g/mol. The molecule has 0 aromatic rings. The number of aliphatic hydroxyl groups excluding tert-OH is 1. The number of alkyl halides is 3. The number of unbranched alkanes of at least 4 members (excludes halogenated alkanes) is 1. The second-order valence-corrected chi connectivity index (χ2v) is 4.41. The molecule has 0 aliphatic heterocycles. The van der Waals surface area contributed by atoms with Gasteiger partial charge in [0.15, 0.2) is 3.79 Å². The number of rotatable bonds is 3. The van der Waals surface area contributed by atoms with E-state index in [0.717, 1.165) is 19.1 Å². The Kier molecular flexibility index (Phi) is 5.32. The van der Waals surface area contributed by atoms with Gasteiger partial charge in [-0.3, -0.25) is 0 Å². The smallest absolute Gasteiger partial charge is 0.190 e. The lowest BCUT2D eigenvalue weighted by Crippen LogP contribution is -2.00. The molecular weight excluding hydrogens is 194 g/mol. The highest BCUT2D eigenvalue weighted by atomic mass is 35.6. The fourth-order valence-electron chi connectivity index (χ4n) is 0.495. The van der Waals surface area contributed by atoms with E-state index in [9.17, 15) is 0 Å². The van der Waals surface area contributed by atoms with Crippen molar-refractivity contribution in [2.45, 2.75) is 23.1 Å². The third kappa shape index (κ3) is 8.41. The summed E-state index contributed by atoms with van der Waals surface area (Å²) >= 11 is 16.4. The summed E-state index contributed by atoms with van der Waals surface area (Å²) in [7, 11) is 0. The van der Waals surface area contributed by atoms with Gasteiger partial charge in [0.1, 0.15) is 0 Å². The van der Waals surface area contributed by atoms with E-state index in [1.165, 1.54) is 0 Å². The highest BCUT2D eigenvalue weighted by Gasteiger charge is 2.17. The average molecular weight is 203 g/mol. The molecule has 0 bridgehead atoms. The predicted octanol–water partition coefficient (Wildman–Crippen LogP) is 3.60. The Labute approximate surface area is 75.6 Å². The lowest BCUT2D eigenvalue weighted by Gasteiger charge is -2.07. The molecule has 0 aliphatic rings. The lowest BCUT2D eigenvalue weighted by molar-refractivity contribution is 0.470. The molecule has 0 atom stereocenters. The minimum atomic E-state index is -1.15. The molecule has 0 aromatic heterocycles. The molecule has 0 spiro atoms. The summed E-state index contributed by atoms with van der Waals surface area (Å²) in [5.74, 6) is 0. The van der Waals surface area contributed by atoms with E-state index in [1.54, 1.807) is 6.08 Å². The van der Waals surface area contributed by atoms with Crippen LogP contribution < -0.4 is 0 Å². The second-order valence-electron chi connectivity index (χ2n) is 1.89. The zero-order valence-electron chi connectivity index (χ0n) is 5.36. The molecule has 0 saturated carbocycles. The third-order valence-corrected chi connectivity index (χ3v) is 1.50. The number of hydrogen-bond acceptors (Lipinski definition) is 1. The van der Waals surface area contributed by atoms with Crippen molar-refractivity contribution in [3.8, 4) is 0 Å². The molecule has 10 heavy (non-hydrogen) atoms. The molecule has 0 fully saturated rings. The second kappa shape index (κ2) is 5.11. The molecule has 0 saturated heterocycles. The Hall–Kier alpha value is 0.410. The van der Waals surface area contributed by atoms with E-state index < -0.39 is 3.79 Å². The largest absolute Gasteiger partial charge is 0.516 e. The van der Waals surface area contributed by atoms with E-state index in [1.807, 2.05) is 0 Å². The van der Waals surface area contributed by atoms with Crippen LogP contribution in [0.2, 0.25) is 0 Å². The van der Waals surface area contributed by atoms with Crippen LogP contribution in [0, 0.1) is 0 Å². The fourth-order valence-corrected chi connectivity index (χ4v) is 0.896. The Bertz CT molecular complexity index is 106. The summed E-state index contributed by atoms with van der Waals surface area (Å²) in [5.41, 5.74) is 0. The highest BCUT2D eigenvalue weighted by Crippen LogP contribution is 2.31. The van der Waals surface area contributed by atoms with E-state index >= 15 is 0 Å². The van der Waals surface area contributed by atoms with Crippen molar-refractivity contribution in [2.24, 2.45) is 0 Å². The van der Waals surface area contributed by atoms with E-state index in [2.05, 4.69) is 0 Å². The first kappa shape index (κ1) is 10.4. The van der Waals surface area contributed by atoms with Crippen molar-refractivity contribution in [3.05, 3.63) is 12.3 Å². The molecule has 0 rings (SSSR count). The van der Waals surface area contributed by atoms with Crippen LogP contribution in [0.15, 0.2) is 12.3 Å². The Morgan fingerprint density at radius 1 is 1.30 bits per heavy atom. The van der Waals surface area contributed by atoms with Crippen molar-refractivity contribution in [3.63, 3.8) is 0 Å². The molecule has 4 heteroatoms. The number of allylic oxidation sites excluding steroid dienone is 1. The summed E-state index contributed by atoms with van der Waals surface area (Å²) < 4.78 is -1.15. The fraction of sp³-hybridized carbons (Fsp3) is 0.667. The molecule has 0 heterocycles. The van der Waals surface area contributed by atoms with Gasteiger partial charge in [0.05, 0.1) is 6.26 Å². The van der Waals surface area contributed by atoms with Crippen molar-refractivity contribution in [2.75, 3.05) is 0 Å². The first-order valence-electron chi connectivity index (χ1n) is 2.92. The van der Waals surface area contributed by atoms with Gasteiger partial charge < -0.3 is 5.11 Å². The van der Waals surface area contributed by atoms with Crippen LogP contribution in [-0.4, -0.2) is 8.90 Å². The Morgan fingerprint density at radius 2 is 1.90 bits per heavy atom. The van der Waals surface area contributed by atoms with Gasteiger partial charge in [0.25, 0.3) is 0 Å². The molecule has 1 N–H and O–H groups in total. The summed E-state index contributed by atoms with van der Waals surface area (Å²) in [5, 5.41) is 8.22. The maximum absolute atomic E-state index is 8.22. The molecule has 1 nitrogen and oxygen atoms in total. The zero-order chi connectivity index (χ0) is 8.04. The SMILES string of the molecule is OC=CCCCC(Cl)(Cl)Cl. The number of hydrogen-bond donors (Lipinski definition) is 1. The van der Waals surface area contributed by atoms with Crippen LogP contribution in [0.25, 0.3) is 0 Å². The zero-order valence-corrected chi connectivity index (χ0v) is 7.62. The van der Waals surface area contributed by atoms with Gasteiger partial charge in [-0.25, -0.2) is 0 Å². The topological polar surface area (TPSA) is 20.2 Å². The highest BCUT2D eigenvalue weighted by molar-refractivity contribution is 6.67. The maximum Gasteiger partial charge on any atom is 0.190 e. The van der Waals surface area contributed by atoms with Gasteiger partial charge in [-0.2, -0.15) is 0 Å². The van der Waals surface area contributed by atoms with Crippen LogP contribution in [0.1, 0.15) is 19.3 Å². The number of aliphatic hydroxyl groups is 1. The first-order valence-corrected chi connectivity index (χ1v) is 4.05. The van der Waals surface area contributed by atoms with E-state index in [0.29, 0.717) is 6.42 Å². The molecular formula is C6H9Cl3O. The summed E-state index contributed by atoms with van der Waals surface area (Å²) in [4.78, 5) is 0. The van der Waals surface area contributed by atoms with Gasteiger partial charge in [-0.1, -0.05) is 40.9 Å². The maximum atomic E-state index is 8.22. The van der Waals surface area contributed by atoms with Crippen molar-refractivity contribution < 1.29 is 5.11 Å². The minimum Gasteiger partial charge on any atom is -0.516 e. The normalized spacial score (nSPS) is 12.7.